The SMILES string of the molecule is CC#CC(CC(=O)O)c1ccc(OCC(S)(S)COc2ccc(CCCCCCCCCC(F)(F)F)cc2)cc1. The molecule has 0 heterocycles. The summed E-state index contributed by atoms with van der Waals surface area (Å²) >= 11 is 9.14. The van der Waals surface area contributed by atoms with E-state index in [2.05, 4.69) is 37.1 Å². The molecule has 0 aliphatic heterocycles. The lowest BCUT2D eigenvalue weighted by molar-refractivity contribution is -0.137. The first-order valence-corrected chi connectivity index (χ1v) is 14.5. The number of unbranched alkanes of at least 4 members (excludes halogenated alkanes) is 6. The van der Waals surface area contributed by atoms with E-state index in [-0.39, 0.29) is 32.0 Å². The van der Waals surface area contributed by atoms with Gasteiger partial charge in [0.2, 0.25) is 0 Å². The maximum absolute atomic E-state index is 12.1. The number of ether oxygens (including phenoxy) is 2. The fourth-order valence-electron chi connectivity index (χ4n) is 4.13. The predicted octanol–water partition coefficient (Wildman–Crippen LogP) is 8.51. The van der Waals surface area contributed by atoms with Gasteiger partial charge in [-0.2, -0.15) is 38.4 Å². The molecule has 4 nitrogen and oxygen atoms in total. The molecule has 2 rings (SSSR count). The average molecular weight is 597 g/mol. The number of alkyl halides is 3. The van der Waals surface area contributed by atoms with Gasteiger partial charge in [0, 0.05) is 6.42 Å². The highest BCUT2D eigenvalue weighted by Crippen LogP contribution is 2.27. The maximum atomic E-state index is 12.1. The molecule has 9 heteroatoms. The lowest BCUT2D eigenvalue weighted by Crippen LogP contribution is -2.30. The van der Waals surface area contributed by atoms with Crippen LogP contribution >= 0.6 is 25.3 Å². The normalized spacial score (nSPS) is 12.3. The second-order valence-electron chi connectivity index (χ2n) is 9.91. The summed E-state index contributed by atoms with van der Waals surface area (Å²) in [4.78, 5) is 11.1. The highest BCUT2D eigenvalue weighted by molar-refractivity contribution is 8.00. The van der Waals surface area contributed by atoms with Crippen LogP contribution in [0.3, 0.4) is 0 Å². The second kappa shape index (κ2) is 17.4. The van der Waals surface area contributed by atoms with Crippen molar-refractivity contribution in [1.29, 1.82) is 0 Å². The van der Waals surface area contributed by atoms with Gasteiger partial charge >= 0.3 is 12.1 Å². The summed E-state index contributed by atoms with van der Waals surface area (Å²) in [6.45, 7) is 2.09. The number of hydrogen-bond acceptors (Lipinski definition) is 5. The predicted molar refractivity (Wildman–Crippen MR) is 160 cm³/mol. The molecule has 1 atom stereocenters. The summed E-state index contributed by atoms with van der Waals surface area (Å²) in [5.74, 6) is 5.76. The van der Waals surface area contributed by atoms with Crippen LogP contribution < -0.4 is 9.47 Å². The second-order valence-corrected chi connectivity index (χ2v) is 12.0. The highest BCUT2D eigenvalue weighted by atomic mass is 32.2. The molecule has 0 aliphatic carbocycles. The van der Waals surface area contributed by atoms with Gasteiger partial charge in [0.25, 0.3) is 0 Å². The topological polar surface area (TPSA) is 55.8 Å². The summed E-state index contributed by atoms with van der Waals surface area (Å²) in [6, 6.07) is 15.1. The zero-order valence-electron chi connectivity index (χ0n) is 22.9. The van der Waals surface area contributed by atoms with Crippen LogP contribution in [0.15, 0.2) is 48.5 Å². The van der Waals surface area contributed by atoms with Gasteiger partial charge < -0.3 is 14.6 Å². The number of aliphatic carboxylic acids is 1. The fraction of sp³-hybridized carbons (Fsp3) is 0.516. The largest absolute Gasteiger partial charge is 0.491 e. The third-order valence-electron chi connectivity index (χ3n) is 6.27. The molecule has 0 bridgehead atoms. The molecule has 0 spiro atoms. The van der Waals surface area contributed by atoms with E-state index in [4.69, 9.17) is 14.6 Å². The minimum absolute atomic E-state index is 0.0604. The summed E-state index contributed by atoms with van der Waals surface area (Å²) in [7, 11) is 0. The van der Waals surface area contributed by atoms with Crippen LogP contribution in [-0.4, -0.2) is 34.5 Å². The zero-order valence-corrected chi connectivity index (χ0v) is 24.7. The van der Waals surface area contributed by atoms with E-state index in [0.29, 0.717) is 17.9 Å². The Hall–Kier alpha value is -2.44. The third-order valence-corrected chi connectivity index (χ3v) is 6.79. The van der Waals surface area contributed by atoms with E-state index in [1.54, 1.807) is 19.1 Å². The Kier molecular flexibility index (Phi) is 14.7. The van der Waals surface area contributed by atoms with Crippen molar-refractivity contribution < 1.29 is 32.5 Å². The van der Waals surface area contributed by atoms with Gasteiger partial charge in [0.15, 0.2) is 0 Å². The molecule has 0 saturated carbocycles. The van der Waals surface area contributed by atoms with Gasteiger partial charge in [0.05, 0.1) is 12.3 Å². The number of carboxylic acid groups (broad SMARTS) is 1. The smallest absolute Gasteiger partial charge is 0.389 e. The number of hydrogen-bond donors (Lipinski definition) is 3. The van der Waals surface area contributed by atoms with Gasteiger partial charge in [-0.3, -0.25) is 4.79 Å². The monoisotopic (exact) mass is 596 g/mol. The molecular formula is C31H39F3O4S2. The molecule has 2 aromatic rings. The molecule has 0 saturated heterocycles. The van der Waals surface area contributed by atoms with Crippen LogP contribution in [0, 0.1) is 11.8 Å². The summed E-state index contributed by atoms with van der Waals surface area (Å²) in [5, 5.41) is 9.10. The van der Waals surface area contributed by atoms with Crippen LogP contribution in [0.25, 0.3) is 0 Å². The van der Waals surface area contributed by atoms with E-state index in [1.807, 2.05) is 36.4 Å². The van der Waals surface area contributed by atoms with Crippen LogP contribution in [0.5, 0.6) is 11.5 Å². The first-order valence-electron chi connectivity index (χ1n) is 13.6. The Morgan fingerprint density at radius 1 is 0.850 bits per heavy atom. The van der Waals surface area contributed by atoms with Gasteiger partial charge in [-0.25, -0.2) is 0 Å². The molecule has 2 aromatic carbocycles. The van der Waals surface area contributed by atoms with Crippen molar-refractivity contribution in [1.82, 2.24) is 0 Å². The number of halogens is 3. The first-order chi connectivity index (χ1) is 19.0. The van der Waals surface area contributed by atoms with Crippen molar-refractivity contribution in [3.63, 3.8) is 0 Å². The summed E-state index contributed by atoms with van der Waals surface area (Å²) in [6.07, 6.45) is 2.06. The van der Waals surface area contributed by atoms with Crippen molar-refractivity contribution >= 4 is 31.2 Å². The Morgan fingerprint density at radius 2 is 1.35 bits per heavy atom. The minimum Gasteiger partial charge on any atom is -0.491 e. The molecule has 1 N–H and O–H groups in total. The quantitative estimate of drug-likeness (QED) is 0.0699. The van der Waals surface area contributed by atoms with Crippen molar-refractivity contribution in [2.24, 2.45) is 0 Å². The van der Waals surface area contributed by atoms with E-state index < -0.39 is 22.6 Å². The van der Waals surface area contributed by atoms with Gasteiger partial charge in [-0.1, -0.05) is 62.3 Å². The number of carboxylic acids is 1. The first kappa shape index (κ1) is 33.8. The minimum atomic E-state index is -4.03. The van der Waals surface area contributed by atoms with Gasteiger partial charge in [0.1, 0.15) is 28.8 Å². The van der Waals surface area contributed by atoms with Gasteiger partial charge in [-0.05, 0) is 61.6 Å². The molecular weight excluding hydrogens is 557 g/mol. The van der Waals surface area contributed by atoms with Crippen LogP contribution in [0.2, 0.25) is 0 Å². The molecule has 0 radical (unpaired) electrons. The summed E-state index contributed by atoms with van der Waals surface area (Å²) in [5.41, 5.74) is 2.03. The Bertz CT molecular complexity index is 1070. The molecule has 0 aromatic heterocycles. The number of carbonyl (C=O) groups is 1. The van der Waals surface area contributed by atoms with Crippen LogP contribution in [0.1, 0.15) is 81.8 Å². The molecule has 0 amide bonds. The van der Waals surface area contributed by atoms with Crippen molar-refractivity contribution in [3.8, 4) is 23.3 Å². The lowest BCUT2D eigenvalue weighted by atomic mass is 9.96. The van der Waals surface area contributed by atoms with Crippen LogP contribution in [-0.2, 0) is 11.2 Å². The fourth-order valence-corrected chi connectivity index (χ4v) is 4.39. The van der Waals surface area contributed by atoms with Crippen molar-refractivity contribution in [2.45, 2.75) is 87.3 Å². The molecule has 0 aliphatic rings. The molecule has 1 unspecified atom stereocenters. The molecule has 220 valence electrons. The zero-order chi connectivity index (χ0) is 29.4. The maximum Gasteiger partial charge on any atom is 0.389 e. The number of benzene rings is 2. The number of rotatable bonds is 18. The number of thiol groups is 2. The number of aryl methyl sites for hydroxylation is 1. The van der Waals surface area contributed by atoms with E-state index in [1.165, 1.54) is 5.56 Å². The van der Waals surface area contributed by atoms with Gasteiger partial charge in [-0.15, -0.1) is 5.92 Å². The average Bonchev–Trinajstić information content (AvgIpc) is 2.90. The molecule has 40 heavy (non-hydrogen) atoms. The third kappa shape index (κ3) is 14.8. The Morgan fingerprint density at radius 3 is 1.85 bits per heavy atom. The van der Waals surface area contributed by atoms with Crippen LogP contribution in [0.4, 0.5) is 13.2 Å². The van der Waals surface area contributed by atoms with Crippen molar-refractivity contribution in [3.05, 3.63) is 59.7 Å². The lowest BCUT2D eigenvalue weighted by Gasteiger charge is -2.23. The summed E-state index contributed by atoms with van der Waals surface area (Å²) < 4.78 is 47.3. The van der Waals surface area contributed by atoms with Crippen molar-refractivity contribution in [2.75, 3.05) is 13.2 Å². The van der Waals surface area contributed by atoms with E-state index in [9.17, 15) is 18.0 Å². The highest BCUT2D eigenvalue weighted by Gasteiger charge is 2.25. The standard InChI is InChI=1S/C31H39F3O4S2/c1-2-10-26(21-29(35)36)25-14-18-28(19-15-25)38-23-30(39,40)22-37-27-16-12-24(13-17-27)11-8-6-4-3-5-7-9-20-31(32,33)34/h12-19,26,39-40H,3-9,11,20-23H2,1H3,(H,35,36). The van der Waals surface area contributed by atoms with E-state index >= 15 is 0 Å². The molecule has 0 fully saturated rings. The Labute approximate surface area is 246 Å². The Balaban J connectivity index is 1.66. The van der Waals surface area contributed by atoms with E-state index in [0.717, 1.165) is 44.1 Å².